The molecule has 2 unspecified atom stereocenters. The summed E-state index contributed by atoms with van der Waals surface area (Å²) in [7, 11) is 0. The summed E-state index contributed by atoms with van der Waals surface area (Å²) in [5, 5.41) is 0. The number of benzene rings is 1. The van der Waals surface area contributed by atoms with Gasteiger partial charge < -0.3 is 10.6 Å². The summed E-state index contributed by atoms with van der Waals surface area (Å²) in [5.74, 6) is -0.422. The number of hydrogen-bond acceptors (Lipinski definition) is 2. The smallest absolute Gasteiger partial charge is 0.256 e. The van der Waals surface area contributed by atoms with Gasteiger partial charge in [0.25, 0.3) is 5.91 Å². The molecule has 0 aromatic heterocycles. The Labute approximate surface area is 133 Å². The Bertz CT molecular complexity index is 484. The van der Waals surface area contributed by atoms with Gasteiger partial charge in [-0.25, -0.2) is 4.39 Å². The van der Waals surface area contributed by atoms with Crippen LogP contribution in [0.2, 0.25) is 0 Å². The number of carbonyl (C=O) groups is 1. The molecule has 1 amide bonds. The molecule has 1 aliphatic rings. The van der Waals surface area contributed by atoms with Crippen molar-refractivity contribution >= 4 is 34.2 Å². The van der Waals surface area contributed by atoms with Gasteiger partial charge in [-0.05, 0) is 43.9 Å². The minimum Gasteiger partial charge on any atom is -0.338 e. The predicted octanol–water partition coefficient (Wildman–Crippen LogP) is 3.21. The second kappa shape index (κ2) is 7.38. The van der Waals surface area contributed by atoms with Crippen LogP contribution >= 0.6 is 28.3 Å². The standard InChI is InChI=1S/C14H18BrFN2O.ClH/c1-9(17)10-3-2-6-18(8-10)14(19)12-5-4-11(15)7-13(12)16;/h4-5,7,9-10H,2-3,6,8,17H2,1H3;1H. The van der Waals surface area contributed by atoms with E-state index in [0.717, 1.165) is 12.8 Å². The molecule has 2 atom stereocenters. The number of amides is 1. The fourth-order valence-corrected chi connectivity index (χ4v) is 2.79. The quantitative estimate of drug-likeness (QED) is 0.875. The SMILES string of the molecule is CC(N)C1CCCN(C(=O)c2ccc(Br)cc2F)C1.Cl. The molecule has 1 fully saturated rings. The molecule has 20 heavy (non-hydrogen) atoms. The van der Waals surface area contributed by atoms with Gasteiger partial charge in [-0.2, -0.15) is 0 Å². The van der Waals surface area contributed by atoms with Crippen LogP contribution in [-0.2, 0) is 0 Å². The highest BCUT2D eigenvalue weighted by molar-refractivity contribution is 9.10. The second-order valence-corrected chi connectivity index (χ2v) is 6.05. The minimum atomic E-state index is -0.484. The molecule has 6 heteroatoms. The van der Waals surface area contributed by atoms with Crippen LogP contribution in [0.15, 0.2) is 22.7 Å². The van der Waals surface area contributed by atoms with E-state index in [0.29, 0.717) is 23.5 Å². The molecule has 0 radical (unpaired) electrons. The van der Waals surface area contributed by atoms with Crippen molar-refractivity contribution in [2.24, 2.45) is 11.7 Å². The monoisotopic (exact) mass is 364 g/mol. The summed E-state index contributed by atoms with van der Waals surface area (Å²) in [6.07, 6.45) is 1.96. The highest BCUT2D eigenvalue weighted by Crippen LogP contribution is 2.22. The van der Waals surface area contributed by atoms with E-state index in [1.807, 2.05) is 6.92 Å². The fraction of sp³-hybridized carbons (Fsp3) is 0.500. The zero-order chi connectivity index (χ0) is 14.0. The van der Waals surface area contributed by atoms with Crippen LogP contribution in [0.4, 0.5) is 4.39 Å². The van der Waals surface area contributed by atoms with E-state index in [4.69, 9.17) is 5.73 Å². The zero-order valence-electron chi connectivity index (χ0n) is 11.3. The Kier molecular flexibility index (Phi) is 6.43. The molecule has 1 heterocycles. The van der Waals surface area contributed by atoms with Crippen LogP contribution in [0.3, 0.4) is 0 Å². The van der Waals surface area contributed by atoms with Crippen molar-refractivity contribution in [1.29, 1.82) is 0 Å². The van der Waals surface area contributed by atoms with Crippen molar-refractivity contribution in [3.05, 3.63) is 34.1 Å². The molecule has 3 nitrogen and oxygen atoms in total. The third-order valence-corrected chi connectivity index (χ3v) is 4.14. The van der Waals surface area contributed by atoms with E-state index in [-0.39, 0.29) is 29.9 Å². The van der Waals surface area contributed by atoms with Crippen LogP contribution in [0, 0.1) is 11.7 Å². The van der Waals surface area contributed by atoms with Gasteiger partial charge in [0.2, 0.25) is 0 Å². The Morgan fingerprint density at radius 1 is 1.55 bits per heavy atom. The molecule has 0 aliphatic carbocycles. The zero-order valence-corrected chi connectivity index (χ0v) is 13.7. The first-order chi connectivity index (χ1) is 8.99. The molecule has 1 aliphatic heterocycles. The van der Waals surface area contributed by atoms with Crippen molar-refractivity contribution in [2.45, 2.75) is 25.8 Å². The number of halogens is 3. The number of nitrogens with two attached hydrogens (primary N) is 1. The van der Waals surface area contributed by atoms with Gasteiger partial charge in [0.15, 0.2) is 0 Å². The molecule has 0 spiro atoms. The van der Waals surface area contributed by atoms with Crippen LogP contribution < -0.4 is 5.73 Å². The van der Waals surface area contributed by atoms with Crippen LogP contribution in [-0.4, -0.2) is 29.9 Å². The Balaban J connectivity index is 0.00000200. The average molecular weight is 366 g/mol. The van der Waals surface area contributed by atoms with E-state index >= 15 is 0 Å². The van der Waals surface area contributed by atoms with E-state index in [1.54, 1.807) is 11.0 Å². The highest BCUT2D eigenvalue weighted by Gasteiger charge is 2.27. The third kappa shape index (κ3) is 3.93. The maximum absolute atomic E-state index is 13.8. The van der Waals surface area contributed by atoms with Crippen molar-refractivity contribution < 1.29 is 9.18 Å². The Hall–Kier alpha value is -0.650. The Morgan fingerprint density at radius 3 is 2.85 bits per heavy atom. The molecule has 112 valence electrons. The van der Waals surface area contributed by atoms with Crippen molar-refractivity contribution in [1.82, 2.24) is 4.90 Å². The van der Waals surface area contributed by atoms with Gasteiger partial charge in [0.05, 0.1) is 5.56 Å². The van der Waals surface area contributed by atoms with Crippen LogP contribution in [0.25, 0.3) is 0 Å². The van der Waals surface area contributed by atoms with Gasteiger partial charge in [-0.15, -0.1) is 12.4 Å². The van der Waals surface area contributed by atoms with E-state index < -0.39 is 5.82 Å². The lowest BCUT2D eigenvalue weighted by Crippen LogP contribution is -2.45. The first kappa shape index (κ1) is 17.4. The number of carbonyl (C=O) groups excluding carboxylic acids is 1. The number of piperidine rings is 1. The summed E-state index contributed by atoms with van der Waals surface area (Å²) >= 11 is 3.19. The lowest BCUT2D eigenvalue weighted by Gasteiger charge is -2.34. The first-order valence-corrected chi connectivity index (χ1v) is 7.28. The molecule has 0 saturated carbocycles. The van der Waals surface area contributed by atoms with Crippen molar-refractivity contribution in [2.75, 3.05) is 13.1 Å². The lowest BCUT2D eigenvalue weighted by molar-refractivity contribution is 0.0656. The van der Waals surface area contributed by atoms with Crippen molar-refractivity contribution in [3.8, 4) is 0 Å². The number of hydrogen-bond donors (Lipinski definition) is 1. The maximum Gasteiger partial charge on any atom is 0.256 e. The van der Waals surface area contributed by atoms with Gasteiger partial charge in [0.1, 0.15) is 5.82 Å². The summed E-state index contributed by atoms with van der Waals surface area (Å²) in [5.41, 5.74) is 6.03. The molecule has 0 bridgehead atoms. The van der Waals surface area contributed by atoms with E-state index in [1.165, 1.54) is 12.1 Å². The number of rotatable bonds is 2. The van der Waals surface area contributed by atoms with E-state index in [9.17, 15) is 9.18 Å². The largest absolute Gasteiger partial charge is 0.338 e. The molecular weight excluding hydrogens is 347 g/mol. The normalized spacial score (nSPS) is 20.2. The molecule has 1 aromatic carbocycles. The van der Waals surface area contributed by atoms with Crippen LogP contribution in [0.1, 0.15) is 30.1 Å². The summed E-state index contributed by atoms with van der Waals surface area (Å²) in [6, 6.07) is 4.59. The Morgan fingerprint density at radius 2 is 2.25 bits per heavy atom. The molecule has 2 rings (SSSR count). The molecule has 1 saturated heterocycles. The summed E-state index contributed by atoms with van der Waals surface area (Å²) < 4.78 is 14.4. The van der Waals surface area contributed by atoms with Crippen LogP contribution in [0.5, 0.6) is 0 Å². The van der Waals surface area contributed by atoms with Gasteiger partial charge in [-0.3, -0.25) is 4.79 Å². The average Bonchev–Trinajstić information content (AvgIpc) is 2.38. The summed E-state index contributed by atoms with van der Waals surface area (Å²) in [4.78, 5) is 14.0. The van der Waals surface area contributed by atoms with E-state index in [2.05, 4.69) is 15.9 Å². The highest BCUT2D eigenvalue weighted by atomic mass is 79.9. The maximum atomic E-state index is 13.8. The number of nitrogens with zero attached hydrogens (tertiary/aromatic N) is 1. The fourth-order valence-electron chi connectivity index (χ4n) is 2.46. The predicted molar refractivity (Wildman–Crippen MR) is 83.6 cm³/mol. The molecule has 2 N–H and O–H groups in total. The van der Waals surface area contributed by atoms with Gasteiger partial charge >= 0.3 is 0 Å². The second-order valence-electron chi connectivity index (χ2n) is 5.14. The van der Waals surface area contributed by atoms with Gasteiger partial charge in [-0.1, -0.05) is 15.9 Å². The third-order valence-electron chi connectivity index (χ3n) is 3.65. The minimum absolute atomic E-state index is 0. The van der Waals surface area contributed by atoms with Gasteiger partial charge in [0, 0.05) is 23.6 Å². The van der Waals surface area contributed by atoms with Crippen molar-refractivity contribution in [3.63, 3.8) is 0 Å². The number of likely N-dealkylation sites (tertiary alicyclic amines) is 1. The lowest BCUT2D eigenvalue weighted by atomic mass is 9.92. The molecule has 1 aromatic rings. The topological polar surface area (TPSA) is 46.3 Å². The summed E-state index contributed by atoms with van der Waals surface area (Å²) in [6.45, 7) is 3.25. The first-order valence-electron chi connectivity index (χ1n) is 6.49. The molecular formula is C14H19BrClFN2O.